The minimum Gasteiger partial charge on any atom is -1.00 e. The molecule has 208 valence electrons. The van der Waals surface area contributed by atoms with Crippen LogP contribution in [0.5, 0.6) is 11.5 Å². The van der Waals surface area contributed by atoms with Gasteiger partial charge in [0.1, 0.15) is 17.3 Å². The number of carbonyl (C=O) groups is 1. The summed E-state index contributed by atoms with van der Waals surface area (Å²) in [5, 5.41) is 31.9. The van der Waals surface area contributed by atoms with E-state index >= 15 is 0 Å². The SMILES string of the molecule is O=CO[O-].Oc1ccc2cc(-c3ccc(-c4ccc(Cl)cc4)c(F)c3)ccc2c1.Oc1ccc2cc(Br)ccc2c1.[H-].[Na+].[Na+]. The zero-order valence-electron chi connectivity index (χ0n) is 24.3. The maximum atomic E-state index is 14.6. The zero-order chi connectivity index (χ0) is 29.4. The average Bonchev–Trinajstić information content (AvgIpc) is 2.98. The molecular weight excluding hydrogens is 657 g/mol. The standard InChI is InChI=1S/C22H14ClFO.C10H7BrO.CH2O3.2Na.H/c23-19-7-3-14(4-8-19)21-10-6-18(13-22(21)24)15-1-2-17-12-20(25)9-5-16(17)11-15;11-9-3-1-8-6-10(12)4-2-7(8)5-9;2-1-4-3;;;/h1-13,25H;1-6,12H;1,3H;;;/q;;;2*+1;-1/p-1. The Morgan fingerprint density at radius 3 is 1.67 bits per heavy atom. The van der Waals surface area contributed by atoms with Crippen LogP contribution >= 0.6 is 27.5 Å². The topological polar surface area (TPSA) is 89.8 Å². The van der Waals surface area contributed by atoms with Crippen molar-refractivity contribution in [2.45, 2.75) is 0 Å². The van der Waals surface area contributed by atoms with Crippen LogP contribution in [0.25, 0.3) is 43.8 Å². The van der Waals surface area contributed by atoms with E-state index in [4.69, 9.17) is 21.7 Å². The Morgan fingerprint density at radius 1 is 0.674 bits per heavy atom. The number of fused-ring (bicyclic) bond motifs is 2. The number of aromatic hydroxyl groups is 2. The molecule has 6 aromatic rings. The molecule has 0 spiro atoms. The summed E-state index contributed by atoms with van der Waals surface area (Å²) in [5.41, 5.74) is 3.08. The van der Waals surface area contributed by atoms with Crippen LogP contribution in [-0.2, 0) is 9.68 Å². The fourth-order valence-corrected chi connectivity index (χ4v) is 4.68. The second-order valence-electron chi connectivity index (χ2n) is 8.82. The molecule has 0 aliphatic heterocycles. The molecule has 0 unspecified atom stereocenters. The van der Waals surface area contributed by atoms with E-state index in [1.165, 1.54) is 0 Å². The molecule has 43 heavy (non-hydrogen) atoms. The molecule has 0 atom stereocenters. The first-order valence-corrected chi connectivity index (χ1v) is 13.3. The van der Waals surface area contributed by atoms with Crippen LogP contribution in [0.15, 0.2) is 120 Å². The summed E-state index contributed by atoms with van der Waals surface area (Å²) >= 11 is 9.28. The van der Waals surface area contributed by atoms with Gasteiger partial charge >= 0.3 is 59.1 Å². The van der Waals surface area contributed by atoms with Gasteiger partial charge in [0.15, 0.2) is 0 Å². The van der Waals surface area contributed by atoms with Crippen molar-refractivity contribution in [2.24, 2.45) is 0 Å². The maximum Gasteiger partial charge on any atom is 1.00 e. The van der Waals surface area contributed by atoms with Gasteiger partial charge in [0, 0.05) is 15.1 Å². The number of hydrogen-bond donors (Lipinski definition) is 2. The van der Waals surface area contributed by atoms with Crippen molar-refractivity contribution in [3.8, 4) is 33.8 Å². The summed E-state index contributed by atoms with van der Waals surface area (Å²) < 4.78 is 15.7. The molecule has 0 aromatic heterocycles. The molecule has 6 aromatic carbocycles. The van der Waals surface area contributed by atoms with E-state index < -0.39 is 0 Å². The smallest absolute Gasteiger partial charge is 1.00 e. The molecular formula is C33H23BrClFNa2O5. The van der Waals surface area contributed by atoms with Gasteiger partial charge in [-0.2, -0.15) is 0 Å². The first kappa shape index (κ1) is 36.8. The van der Waals surface area contributed by atoms with Crippen molar-refractivity contribution in [3.05, 3.63) is 131 Å². The Balaban J connectivity index is 0.000000430. The van der Waals surface area contributed by atoms with E-state index in [1.54, 1.807) is 48.5 Å². The summed E-state index contributed by atoms with van der Waals surface area (Å²) in [6.45, 7) is -0.181. The molecule has 0 radical (unpaired) electrons. The van der Waals surface area contributed by atoms with E-state index in [2.05, 4.69) is 20.8 Å². The van der Waals surface area contributed by atoms with Gasteiger partial charge < -0.3 is 21.8 Å². The van der Waals surface area contributed by atoms with Gasteiger partial charge in [0.2, 0.25) is 0 Å². The molecule has 0 aliphatic carbocycles. The molecule has 0 bridgehead atoms. The van der Waals surface area contributed by atoms with Crippen LogP contribution in [-0.4, -0.2) is 16.7 Å². The van der Waals surface area contributed by atoms with Gasteiger partial charge in [0.25, 0.3) is 6.47 Å². The summed E-state index contributed by atoms with van der Waals surface area (Å²) in [5.74, 6) is 0.272. The van der Waals surface area contributed by atoms with E-state index in [9.17, 15) is 14.6 Å². The van der Waals surface area contributed by atoms with Crippen molar-refractivity contribution in [1.82, 2.24) is 0 Å². The number of carbonyl (C=O) groups excluding carboxylic acids is 1. The second-order valence-corrected chi connectivity index (χ2v) is 10.2. The number of phenols is 2. The predicted molar refractivity (Wildman–Crippen MR) is 163 cm³/mol. The van der Waals surface area contributed by atoms with E-state index in [-0.39, 0.29) is 78.6 Å². The van der Waals surface area contributed by atoms with Gasteiger partial charge in [-0.3, -0.25) is 4.79 Å². The molecule has 0 aliphatic rings. The summed E-state index contributed by atoms with van der Waals surface area (Å²) in [4.78, 5) is 11.2. The molecule has 0 fully saturated rings. The summed E-state index contributed by atoms with van der Waals surface area (Å²) in [7, 11) is 0. The quantitative estimate of drug-likeness (QED) is 0.130. The van der Waals surface area contributed by atoms with Crippen molar-refractivity contribution in [1.29, 1.82) is 0 Å². The van der Waals surface area contributed by atoms with Crippen molar-refractivity contribution in [3.63, 3.8) is 0 Å². The average molecular weight is 680 g/mol. The Labute approximate surface area is 307 Å². The molecule has 5 nitrogen and oxygen atoms in total. The maximum absolute atomic E-state index is 14.6. The van der Waals surface area contributed by atoms with Crippen LogP contribution in [0.3, 0.4) is 0 Å². The van der Waals surface area contributed by atoms with E-state index in [0.717, 1.165) is 42.7 Å². The Morgan fingerprint density at radius 2 is 1.12 bits per heavy atom. The third kappa shape index (κ3) is 10.3. The molecule has 2 N–H and O–H groups in total. The van der Waals surface area contributed by atoms with Gasteiger partial charge in [0.05, 0.1) is 0 Å². The minimum absolute atomic E-state index is 0. The predicted octanol–water partition coefficient (Wildman–Crippen LogP) is 2.54. The van der Waals surface area contributed by atoms with Crippen molar-refractivity contribution in [2.75, 3.05) is 0 Å². The van der Waals surface area contributed by atoms with Crippen LogP contribution in [0.4, 0.5) is 4.39 Å². The van der Waals surface area contributed by atoms with E-state index in [0.29, 0.717) is 16.3 Å². The third-order valence-corrected chi connectivity index (χ3v) is 6.85. The monoisotopic (exact) mass is 678 g/mol. The fraction of sp³-hybridized carbons (Fsp3) is 0. The molecule has 10 heteroatoms. The van der Waals surface area contributed by atoms with E-state index in [1.807, 2.05) is 66.7 Å². The van der Waals surface area contributed by atoms with Crippen LogP contribution in [0, 0.1) is 5.82 Å². The number of phenolic OH excluding ortho intramolecular Hbond substituents is 2. The number of halogens is 3. The van der Waals surface area contributed by atoms with Crippen LogP contribution < -0.4 is 64.4 Å². The molecule has 0 heterocycles. The van der Waals surface area contributed by atoms with Gasteiger partial charge in [-0.25, -0.2) is 4.39 Å². The van der Waals surface area contributed by atoms with Crippen LogP contribution in [0.1, 0.15) is 1.43 Å². The van der Waals surface area contributed by atoms with Crippen molar-refractivity contribution < 1.29 is 90.1 Å². The fourth-order valence-electron chi connectivity index (χ4n) is 4.17. The van der Waals surface area contributed by atoms with Crippen LogP contribution in [0.2, 0.25) is 5.02 Å². The molecule has 0 saturated carbocycles. The first-order chi connectivity index (χ1) is 19.8. The minimum atomic E-state index is -0.273. The number of rotatable bonds is 3. The molecule has 6 rings (SSSR count). The first-order valence-electron chi connectivity index (χ1n) is 12.2. The van der Waals surface area contributed by atoms with Crippen molar-refractivity contribution >= 4 is 55.5 Å². The number of benzene rings is 6. The number of hydrogen-bond acceptors (Lipinski definition) is 5. The third-order valence-electron chi connectivity index (χ3n) is 6.11. The Bertz CT molecular complexity index is 1790. The Hall–Kier alpha value is -2.43. The Kier molecular flexibility index (Phi) is 15.2. The van der Waals surface area contributed by atoms with Gasteiger partial charge in [-0.15, -0.1) is 0 Å². The second kappa shape index (κ2) is 17.8. The normalized spacial score (nSPS) is 9.77. The van der Waals surface area contributed by atoms with Gasteiger partial charge in [-0.05, 0) is 98.9 Å². The van der Waals surface area contributed by atoms with Gasteiger partial charge in [-0.1, -0.05) is 82.1 Å². The zero-order valence-corrected chi connectivity index (χ0v) is 29.6. The summed E-state index contributed by atoms with van der Waals surface area (Å²) in [6.07, 6.45) is 0. The largest absolute Gasteiger partial charge is 1.00 e. The molecule has 0 amide bonds. The summed E-state index contributed by atoms with van der Waals surface area (Å²) in [6, 6.07) is 34.7. The molecule has 0 saturated heterocycles.